The van der Waals surface area contributed by atoms with Gasteiger partial charge in [-0.25, -0.2) is 9.78 Å². The van der Waals surface area contributed by atoms with Gasteiger partial charge in [-0.1, -0.05) is 6.07 Å². The van der Waals surface area contributed by atoms with Crippen molar-refractivity contribution in [2.24, 2.45) is 0 Å². The molecule has 7 nitrogen and oxygen atoms in total. The Kier molecular flexibility index (Phi) is 6.43. The quantitative estimate of drug-likeness (QED) is 0.733. The van der Waals surface area contributed by atoms with Crippen molar-refractivity contribution in [1.82, 2.24) is 20.9 Å². The van der Waals surface area contributed by atoms with Crippen LogP contribution in [-0.4, -0.2) is 55.3 Å². The predicted octanol–water partition coefficient (Wildman–Crippen LogP) is 1.03. The maximum Gasteiger partial charge on any atom is 0.405 e. The van der Waals surface area contributed by atoms with E-state index in [2.05, 4.69) is 20.5 Å². The van der Waals surface area contributed by atoms with Gasteiger partial charge in [-0.3, -0.25) is 4.79 Å². The van der Waals surface area contributed by atoms with Crippen molar-refractivity contribution in [1.29, 1.82) is 0 Å². The molecular weight excluding hydrogens is 339 g/mol. The third kappa shape index (κ3) is 6.86. The number of carbonyl (C=O) groups is 2. The van der Waals surface area contributed by atoms with Crippen molar-refractivity contribution < 1.29 is 22.8 Å². The van der Waals surface area contributed by atoms with Gasteiger partial charge < -0.3 is 20.9 Å². The Labute approximate surface area is 143 Å². The third-order valence-corrected chi connectivity index (χ3v) is 3.70. The molecule has 138 valence electrons. The second kappa shape index (κ2) is 8.54. The van der Waals surface area contributed by atoms with Gasteiger partial charge in [0, 0.05) is 25.3 Å². The van der Waals surface area contributed by atoms with Gasteiger partial charge in [0.1, 0.15) is 12.4 Å². The smallest absolute Gasteiger partial charge is 0.356 e. The van der Waals surface area contributed by atoms with Crippen LogP contribution in [0.5, 0.6) is 0 Å². The van der Waals surface area contributed by atoms with Crippen molar-refractivity contribution in [2.45, 2.75) is 25.1 Å². The lowest BCUT2D eigenvalue weighted by Crippen LogP contribution is -2.50. The van der Waals surface area contributed by atoms with Crippen LogP contribution in [0.15, 0.2) is 24.4 Å². The number of nitrogens with zero attached hydrogens (tertiary/aromatic N) is 2. The van der Waals surface area contributed by atoms with Crippen LogP contribution in [0.4, 0.5) is 23.8 Å². The molecule has 0 aromatic carbocycles. The highest BCUT2D eigenvalue weighted by Crippen LogP contribution is 2.17. The summed E-state index contributed by atoms with van der Waals surface area (Å²) in [6.07, 6.45) is -1.33. The van der Waals surface area contributed by atoms with Crippen molar-refractivity contribution in [2.75, 3.05) is 31.1 Å². The number of halogens is 3. The van der Waals surface area contributed by atoms with Gasteiger partial charge in [-0.2, -0.15) is 13.2 Å². The van der Waals surface area contributed by atoms with Crippen LogP contribution in [-0.2, 0) is 4.79 Å². The van der Waals surface area contributed by atoms with E-state index in [9.17, 15) is 22.8 Å². The fourth-order valence-corrected chi connectivity index (χ4v) is 2.45. The first-order valence-corrected chi connectivity index (χ1v) is 7.87. The van der Waals surface area contributed by atoms with Crippen LogP contribution >= 0.6 is 0 Å². The highest BCUT2D eigenvalue weighted by molar-refractivity contribution is 5.84. The molecule has 0 atom stereocenters. The van der Waals surface area contributed by atoms with Crippen molar-refractivity contribution >= 4 is 17.8 Å². The molecule has 3 amide bonds. The minimum atomic E-state index is -4.47. The summed E-state index contributed by atoms with van der Waals surface area (Å²) in [5, 5.41) is 6.66. The van der Waals surface area contributed by atoms with Gasteiger partial charge in [0.2, 0.25) is 5.91 Å². The van der Waals surface area contributed by atoms with Crippen molar-refractivity contribution in [3.05, 3.63) is 24.4 Å². The van der Waals surface area contributed by atoms with Crippen LogP contribution < -0.4 is 20.9 Å². The first-order chi connectivity index (χ1) is 11.8. The van der Waals surface area contributed by atoms with E-state index in [0.717, 1.165) is 18.9 Å². The molecule has 2 heterocycles. The Morgan fingerprint density at radius 2 is 1.92 bits per heavy atom. The fourth-order valence-electron chi connectivity index (χ4n) is 2.45. The Morgan fingerprint density at radius 1 is 1.20 bits per heavy atom. The first-order valence-electron chi connectivity index (χ1n) is 7.87. The van der Waals surface area contributed by atoms with E-state index in [4.69, 9.17) is 0 Å². The summed E-state index contributed by atoms with van der Waals surface area (Å²) in [6.45, 7) is -0.460. The van der Waals surface area contributed by atoms with E-state index in [1.54, 1.807) is 11.5 Å². The zero-order valence-electron chi connectivity index (χ0n) is 13.5. The molecule has 3 N–H and O–H groups in total. The minimum absolute atomic E-state index is 0.0572. The molecule has 1 aromatic rings. The zero-order valence-corrected chi connectivity index (χ0v) is 13.5. The molecule has 0 aliphatic carbocycles. The highest BCUT2D eigenvalue weighted by Gasteiger charge is 2.27. The average molecular weight is 359 g/mol. The van der Waals surface area contributed by atoms with Gasteiger partial charge in [0.05, 0.1) is 6.54 Å². The van der Waals surface area contributed by atoms with Gasteiger partial charge in [-0.05, 0) is 25.0 Å². The number of alkyl halides is 3. The molecule has 1 aliphatic rings. The summed E-state index contributed by atoms with van der Waals surface area (Å²) in [4.78, 5) is 29.3. The Bertz CT molecular complexity index is 574. The Balaban J connectivity index is 1.64. The number of pyridine rings is 1. The first kappa shape index (κ1) is 18.8. The standard InChI is InChI=1S/C15H20F3N5O2/c16-15(17,18)10-21-13(24)9-20-14(25)22-11-4-7-23(8-5-11)12-3-1-2-6-19-12/h1-3,6,11H,4-5,7-10H2,(H,21,24)(H2,20,22,25). The Hall–Kier alpha value is -2.52. The van der Waals surface area contributed by atoms with Gasteiger partial charge in [0.25, 0.3) is 0 Å². The zero-order chi connectivity index (χ0) is 18.3. The van der Waals surface area contributed by atoms with E-state index in [-0.39, 0.29) is 6.04 Å². The topological polar surface area (TPSA) is 86.4 Å². The number of amides is 3. The van der Waals surface area contributed by atoms with Crippen LogP contribution in [0.1, 0.15) is 12.8 Å². The van der Waals surface area contributed by atoms with Crippen LogP contribution in [0.2, 0.25) is 0 Å². The molecule has 25 heavy (non-hydrogen) atoms. The lowest BCUT2D eigenvalue weighted by Gasteiger charge is -2.33. The molecule has 0 bridgehead atoms. The molecule has 1 aromatic heterocycles. The summed E-state index contributed by atoms with van der Waals surface area (Å²) in [7, 11) is 0. The molecule has 2 rings (SSSR count). The van der Waals surface area contributed by atoms with Crippen molar-refractivity contribution in [3.8, 4) is 0 Å². The SMILES string of the molecule is O=C(CNC(=O)NC1CCN(c2ccccn2)CC1)NCC(F)(F)F. The molecule has 0 radical (unpaired) electrons. The van der Waals surface area contributed by atoms with Crippen molar-refractivity contribution in [3.63, 3.8) is 0 Å². The highest BCUT2D eigenvalue weighted by atomic mass is 19.4. The Morgan fingerprint density at radius 3 is 2.52 bits per heavy atom. The monoisotopic (exact) mass is 359 g/mol. The number of aromatic nitrogens is 1. The number of carbonyl (C=O) groups excluding carboxylic acids is 2. The number of hydrogen-bond acceptors (Lipinski definition) is 4. The molecule has 0 saturated carbocycles. The van der Waals surface area contributed by atoms with Crippen LogP contribution in [0.3, 0.4) is 0 Å². The minimum Gasteiger partial charge on any atom is -0.356 e. The summed E-state index contributed by atoms with van der Waals surface area (Å²) in [6, 6.07) is 5.04. The molecule has 0 unspecified atom stereocenters. The predicted molar refractivity (Wildman–Crippen MR) is 85.1 cm³/mol. The molecule has 1 aliphatic heterocycles. The fraction of sp³-hybridized carbons (Fsp3) is 0.533. The second-order valence-corrected chi connectivity index (χ2v) is 5.67. The van der Waals surface area contributed by atoms with Crippen LogP contribution in [0.25, 0.3) is 0 Å². The lowest BCUT2D eigenvalue weighted by molar-refractivity contribution is -0.137. The van der Waals surface area contributed by atoms with Gasteiger partial charge >= 0.3 is 12.2 Å². The maximum absolute atomic E-state index is 12.0. The van der Waals surface area contributed by atoms with E-state index in [0.29, 0.717) is 12.8 Å². The third-order valence-electron chi connectivity index (χ3n) is 3.70. The summed E-state index contributed by atoms with van der Waals surface area (Å²) < 4.78 is 35.9. The largest absolute Gasteiger partial charge is 0.405 e. The van der Waals surface area contributed by atoms with E-state index in [1.165, 1.54) is 0 Å². The second-order valence-electron chi connectivity index (χ2n) is 5.67. The number of anilines is 1. The van der Waals surface area contributed by atoms with Crippen LogP contribution in [0, 0.1) is 0 Å². The maximum atomic E-state index is 12.0. The normalized spacial score (nSPS) is 15.6. The average Bonchev–Trinajstić information content (AvgIpc) is 2.59. The van der Waals surface area contributed by atoms with Gasteiger partial charge in [-0.15, -0.1) is 0 Å². The molecule has 1 fully saturated rings. The van der Waals surface area contributed by atoms with Gasteiger partial charge in [0.15, 0.2) is 0 Å². The number of piperidine rings is 1. The summed E-state index contributed by atoms with van der Waals surface area (Å²) in [5.41, 5.74) is 0. The van der Waals surface area contributed by atoms with E-state index >= 15 is 0 Å². The van der Waals surface area contributed by atoms with E-state index in [1.807, 2.05) is 18.2 Å². The number of hydrogen-bond donors (Lipinski definition) is 3. The number of nitrogens with one attached hydrogen (secondary N) is 3. The summed E-state index contributed by atoms with van der Waals surface area (Å²) in [5.74, 6) is -0.0100. The molecule has 10 heteroatoms. The summed E-state index contributed by atoms with van der Waals surface area (Å²) >= 11 is 0. The molecule has 0 spiro atoms. The van der Waals surface area contributed by atoms with E-state index < -0.39 is 31.2 Å². The molecular formula is C15H20F3N5O2. The number of rotatable bonds is 5. The number of urea groups is 1. The lowest BCUT2D eigenvalue weighted by atomic mass is 10.1. The molecule has 1 saturated heterocycles.